The SMILES string of the molecule is CC(C)C1SCC(C(=O)O)N1C(=O)c1csc(I)c1. The van der Waals surface area contributed by atoms with E-state index in [1.54, 1.807) is 17.1 Å². The maximum Gasteiger partial charge on any atom is 0.327 e. The molecule has 2 heterocycles. The fraction of sp³-hybridized carbons (Fsp3) is 0.500. The molecular weight excluding hydrogens is 397 g/mol. The van der Waals surface area contributed by atoms with E-state index < -0.39 is 12.0 Å². The first-order valence-corrected chi connectivity index (χ1v) is 8.83. The van der Waals surface area contributed by atoms with E-state index in [0.29, 0.717) is 11.3 Å². The summed E-state index contributed by atoms with van der Waals surface area (Å²) in [7, 11) is 0. The first-order chi connectivity index (χ1) is 8.91. The van der Waals surface area contributed by atoms with Crippen molar-refractivity contribution in [2.75, 3.05) is 5.75 Å². The van der Waals surface area contributed by atoms with Crippen LogP contribution in [0.4, 0.5) is 0 Å². The Morgan fingerprint density at radius 1 is 1.53 bits per heavy atom. The lowest BCUT2D eigenvalue weighted by atomic mass is 10.1. The minimum Gasteiger partial charge on any atom is -0.480 e. The van der Waals surface area contributed by atoms with E-state index in [1.165, 1.54) is 16.2 Å². The van der Waals surface area contributed by atoms with Gasteiger partial charge in [0.25, 0.3) is 5.91 Å². The number of carboxylic acid groups (broad SMARTS) is 1. The summed E-state index contributed by atoms with van der Waals surface area (Å²) in [6, 6.07) is 1.09. The summed E-state index contributed by atoms with van der Waals surface area (Å²) in [5.41, 5.74) is 0.591. The van der Waals surface area contributed by atoms with Crippen LogP contribution in [0.3, 0.4) is 0 Å². The topological polar surface area (TPSA) is 57.6 Å². The van der Waals surface area contributed by atoms with Crippen LogP contribution in [0, 0.1) is 8.80 Å². The third-order valence-electron chi connectivity index (χ3n) is 2.94. The first kappa shape index (κ1) is 15.1. The molecule has 2 rings (SSSR count). The minimum atomic E-state index is -0.922. The predicted molar refractivity (Wildman–Crippen MR) is 85.7 cm³/mol. The van der Waals surface area contributed by atoms with Crippen molar-refractivity contribution in [2.24, 2.45) is 5.92 Å². The van der Waals surface area contributed by atoms with Crippen LogP contribution in [-0.2, 0) is 4.79 Å². The lowest BCUT2D eigenvalue weighted by Gasteiger charge is -2.29. The van der Waals surface area contributed by atoms with Crippen LogP contribution >= 0.6 is 45.7 Å². The molecule has 7 heteroatoms. The Bertz CT molecular complexity index is 503. The maximum absolute atomic E-state index is 12.5. The molecule has 0 saturated carbocycles. The molecule has 1 fully saturated rings. The highest BCUT2D eigenvalue weighted by Crippen LogP contribution is 2.35. The lowest BCUT2D eigenvalue weighted by Crippen LogP contribution is -2.47. The number of aliphatic carboxylic acids is 1. The van der Waals surface area contributed by atoms with E-state index in [9.17, 15) is 14.7 Å². The molecule has 1 amide bonds. The van der Waals surface area contributed by atoms with Gasteiger partial charge in [0, 0.05) is 11.1 Å². The number of amides is 1. The van der Waals surface area contributed by atoms with Crippen molar-refractivity contribution in [1.82, 2.24) is 4.90 Å². The van der Waals surface area contributed by atoms with Gasteiger partial charge in [0.15, 0.2) is 0 Å². The summed E-state index contributed by atoms with van der Waals surface area (Å²) in [6.07, 6.45) is 0. The normalized spacial score (nSPS) is 23.1. The van der Waals surface area contributed by atoms with E-state index in [-0.39, 0.29) is 17.2 Å². The summed E-state index contributed by atoms with van der Waals surface area (Å²) in [6.45, 7) is 4.03. The van der Waals surface area contributed by atoms with Crippen molar-refractivity contribution in [3.8, 4) is 0 Å². The van der Waals surface area contributed by atoms with Crippen LogP contribution in [0.5, 0.6) is 0 Å². The largest absolute Gasteiger partial charge is 0.480 e. The van der Waals surface area contributed by atoms with Crippen LogP contribution < -0.4 is 0 Å². The molecule has 1 aliphatic rings. The smallest absolute Gasteiger partial charge is 0.327 e. The standard InChI is InChI=1S/C12H14INO3S2/c1-6(2)11-14(8(5-19-11)12(16)17)10(15)7-3-9(13)18-4-7/h3-4,6,8,11H,5H2,1-2H3,(H,16,17). The number of halogens is 1. The number of carboxylic acids is 1. The number of hydrogen-bond donors (Lipinski definition) is 1. The molecule has 0 bridgehead atoms. The molecule has 104 valence electrons. The molecule has 1 aromatic rings. The Hall–Kier alpha value is -0.280. The average Bonchev–Trinajstić information content (AvgIpc) is 2.93. The molecule has 0 aliphatic carbocycles. The summed E-state index contributed by atoms with van der Waals surface area (Å²) in [5, 5.41) is 11.0. The molecule has 1 saturated heterocycles. The van der Waals surface area contributed by atoms with Gasteiger partial charge in [-0.3, -0.25) is 4.79 Å². The third kappa shape index (κ3) is 3.08. The van der Waals surface area contributed by atoms with Crippen molar-refractivity contribution in [3.05, 3.63) is 19.9 Å². The Kier molecular flexibility index (Phi) is 4.78. The second kappa shape index (κ2) is 6.01. The minimum absolute atomic E-state index is 0.0637. The zero-order valence-electron chi connectivity index (χ0n) is 10.5. The monoisotopic (exact) mass is 411 g/mol. The molecule has 1 N–H and O–H groups in total. The van der Waals surface area contributed by atoms with Crippen LogP contribution in [0.2, 0.25) is 0 Å². The van der Waals surface area contributed by atoms with E-state index in [1.807, 2.05) is 19.9 Å². The second-order valence-electron chi connectivity index (χ2n) is 4.67. The van der Waals surface area contributed by atoms with E-state index in [4.69, 9.17) is 0 Å². The van der Waals surface area contributed by atoms with E-state index in [2.05, 4.69) is 22.6 Å². The van der Waals surface area contributed by atoms with Crippen molar-refractivity contribution >= 4 is 57.6 Å². The number of hydrogen-bond acceptors (Lipinski definition) is 4. The average molecular weight is 411 g/mol. The molecule has 0 spiro atoms. The van der Waals surface area contributed by atoms with Gasteiger partial charge in [-0.15, -0.1) is 23.1 Å². The Labute approximate surface area is 133 Å². The summed E-state index contributed by atoms with van der Waals surface area (Å²) in [4.78, 5) is 25.4. The number of carbonyl (C=O) groups excluding carboxylic acids is 1. The van der Waals surface area contributed by atoms with Crippen molar-refractivity contribution in [3.63, 3.8) is 0 Å². The molecule has 1 aliphatic heterocycles. The number of carbonyl (C=O) groups is 2. The fourth-order valence-corrected chi connectivity index (χ4v) is 4.85. The van der Waals surface area contributed by atoms with E-state index >= 15 is 0 Å². The maximum atomic E-state index is 12.5. The van der Waals surface area contributed by atoms with Crippen LogP contribution in [0.15, 0.2) is 11.4 Å². The molecular formula is C12H14INO3S2. The quantitative estimate of drug-likeness (QED) is 0.778. The summed E-state index contributed by atoms with van der Waals surface area (Å²) >= 11 is 5.21. The van der Waals surface area contributed by atoms with Gasteiger partial charge >= 0.3 is 5.97 Å². The van der Waals surface area contributed by atoms with E-state index in [0.717, 1.165) is 2.88 Å². The number of thioether (sulfide) groups is 1. The Balaban J connectivity index is 2.30. The fourth-order valence-electron chi connectivity index (χ4n) is 2.06. The molecule has 1 aromatic heterocycles. The van der Waals surface area contributed by atoms with Crippen molar-refractivity contribution < 1.29 is 14.7 Å². The molecule has 0 aromatic carbocycles. The molecule has 4 nitrogen and oxygen atoms in total. The molecule has 0 radical (unpaired) electrons. The number of thiophene rings is 1. The van der Waals surface area contributed by atoms with Gasteiger partial charge in [-0.25, -0.2) is 4.79 Å². The Morgan fingerprint density at radius 3 is 2.68 bits per heavy atom. The van der Waals surface area contributed by atoms with Crippen LogP contribution in [-0.4, -0.2) is 39.1 Å². The second-order valence-corrected chi connectivity index (χ2v) is 8.63. The van der Waals surface area contributed by atoms with Gasteiger partial charge in [0.05, 0.1) is 13.8 Å². The van der Waals surface area contributed by atoms with Gasteiger partial charge in [-0.05, 0) is 34.6 Å². The lowest BCUT2D eigenvalue weighted by molar-refractivity contribution is -0.141. The highest BCUT2D eigenvalue weighted by Gasteiger charge is 2.43. The van der Waals surface area contributed by atoms with Crippen LogP contribution in [0.25, 0.3) is 0 Å². The van der Waals surface area contributed by atoms with Gasteiger partial charge in [0.1, 0.15) is 6.04 Å². The predicted octanol–water partition coefficient (Wildman–Crippen LogP) is 2.98. The third-order valence-corrected chi connectivity index (χ3v) is 6.35. The number of rotatable bonds is 3. The van der Waals surface area contributed by atoms with Crippen molar-refractivity contribution in [1.29, 1.82) is 0 Å². The zero-order chi connectivity index (χ0) is 14.2. The number of nitrogens with zero attached hydrogens (tertiary/aromatic N) is 1. The van der Waals surface area contributed by atoms with Gasteiger partial charge in [0.2, 0.25) is 0 Å². The molecule has 2 atom stereocenters. The first-order valence-electron chi connectivity index (χ1n) is 5.83. The summed E-state index contributed by atoms with van der Waals surface area (Å²) < 4.78 is 1.03. The van der Waals surface area contributed by atoms with Gasteiger partial charge < -0.3 is 10.0 Å². The molecule has 2 unspecified atom stereocenters. The van der Waals surface area contributed by atoms with Gasteiger partial charge in [-0.1, -0.05) is 13.8 Å². The highest BCUT2D eigenvalue weighted by atomic mass is 127. The van der Waals surface area contributed by atoms with Crippen molar-refractivity contribution in [2.45, 2.75) is 25.3 Å². The van der Waals surface area contributed by atoms with Crippen LogP contribution in [0.1, 0.15) is 24.2 Å². The van der Waals surface area contributed by atoms with Gasteiger partial charge in [-0.2, -0.15) is 0 Å². The molecule has 19 heavy (non-hydrogen) atoms. The Morgan fingerprint density at radius 2 is 2.21 bits per heavy atom. The zero-order valence-corrected chi connectivity index (χ0v) is 14.3. The highest BCUT2D eigenvalue weighted by molar-refractivity contribution is 14.1. The summed E-state index contributed by atoms with van der Waals surface area (Å²) in [5.74, 6) is -0.397.